The van der Waals surface area contributed by atoms with Crippen molar-refractivity contribution < 1.29 is 14.7 Å². The van der Waals surface area contributed by atoms with Crippen molar-refractivity contribution in [2.75, 3.05) is 0 Å². The van der Waals surface area contributed by atoms with Gasteiger partial charge >= 0.3 is 5.97 Å². The van der Waals surface area contributed by atoms with Crippen LogP contribution in [0.15, 0.2) is 18.2 Å². The molecule has 0 fully saturated rings. The second kappa shape index (κ2) is 6.31. The van der Waals surface area contributed by atoms with E-state index in [-0.39, 0.29) is 18.7 Å². The Morgan fingerprint density at radius 2 is 2.00 bits per heavy atom. The smallest absolute Gasteiger partial charge is 0.303 e. The average molecular weight is 264 g/mol. The zero-order valence-corrected chi connectivity index (χ0v) is 11.6. The lowest BCUT2D eigenvalue weighted by Crippen LogP contribution is -2.30. The van der Waals surface area contributed by atoms with Gasteiger partial charge in [-0.25, -0.2) is 0 Å². The molecule has 0 unspecified atom stereocenters. The van der Waals surface area contributed by atoms with Crippen molar-refractivity contribution in [1.29, 1.82) is 0 Å². The number of nitrogens with zero attached hydrogens (tertiary/aromatic N) is 1. The van der Waals surface area contributed by atoms with Crippen LogP contribution in [0, 0.1) is 12.3 Å². The second-order valence-electron chi connectivity index (χ2n) is 5.46. The molecule has 0 aliphatic carbocycles. The highest BCUT2D eigenvalue weighted by Crippen LogP contribution is 2.24. The molecule has 1 amide bonds. The molecule has 0 aliphatic heterocycles. The van der Waals surface area contributed by atoms with Gasteiger partial charge in [-0.05, 0) is 24.5 Å². The van der Waals surface area contributed by atoms with Crippen LogP contribution >= 0.6 is 0 Å². The third kappa shape index (κ3) is 5.99. The van der Waals surface area contributed by atoms with Gasteiger partial charge in [-0.1, -0.05) is 19.9 Å². The zero-order chi connectivity index (χ0) is 14.5. The van der Waals surface area contributed by atoms with E-state index in [4.69, 9.17) is 5.11 Å². The Balaban J connectivity index is 2.46. The largest absolute Gasteiger partial charge is 0.481 e. The van der Waals surface area contributed by atoms with Crippen LogP contribution in [0.25, 0.3) is 0 Å². The van der Waals surface area contributed by atoms with Gasteiger partial charge in [-0.15, -0.1) is 0 Å². The average Bonchev–Trinajstić information content (AvgIpc) is 2.24. The Hall–Kier alpha value is -1.91. The number of pyridine rings is 1. The normalized spacial score (nSPS) is 11.1. The highest BCUT2D eigenvalue weighted by Gasteiger charge is 2.25. The number of aliphatic carboxylic acids is 1. The molecule has 0 bridgehead atoms. The highest BCUT2D eigenvalue weighted by atomic mass is 16.4. The molecule has 104 valence electrons. The van der Waals surface area contributed by atoms with Crippen molar-refractivity contribution in [2.45, 2.75) is 40.2 Å². The van der Waals surface area contributed by atoms with Gasteiger partial charge in [-0.2, -0.15) is 0 Å². The van der Waals surface area contributed by atoms with Crippen molar-refractivity contribution >= 4 is 11.9 Å². The Morgan fingerprint density at radius 1 is 1.32 bits per heavy atom. The second-order valence-corrected chi connectivity index (χ2v) is 5.46. The molecule has 0 saturated heterocycles. The van der Waals surface area contributed by atoms with E-state index in [1.54, 1.807) is 13.8 Å². The number of carboxylic acid groups (broad SMARTS) is 1. The van der Waals surface area contributed by atoms with Gasteiger partial charge in [0, 0.05) is 12.1 Å². The molecule has 0 aromatic carbocycles. The number of hydrogen-bond donors (Lipinski definition) is 2. The first kappa shape index (κ1) is 15.1. The fraction of sp³-hybridized carbons (Fsp3) is 0.500. The van der Waals surface area contributed by atoms with Crippen LogP contribution < -0.4 is 5.32 Å². The molecule has 19 heavy (non-hydrogen) atoms. The van der Waals surface area contributed by atoms with Gasteiger partial charge in [0.25, 0.3) is 0 Å². The van der Waals surface area contributed by atoms with E-state index in [2.05, 4.69) is 10.3 Å². The first-order valence-electron chi connectivity index (χ1n) is 6.19. The van der Waals surface area contributed by atoms with Crippen LogP contribution in [0.1, 0.15) is 38.1 Å². The van der Waals surface area contributed by atoms with Crippen LogP contribution in [0.4, 0.5) is 0 Å². The van der Waals surface area contributed by atoms with Gasteiger partial charge in [0.15, 0.2) is 0 Å². The lowest BCUT2D eigenvalue weighted by Gasteiger charge is -2.21. The molecule has 0 spiro atoms. The lowest BCUT2D eigenvalue weighted by atomic mass is 9.85. The van der Waals surface area contributed by atoms with Crippen LogP contribution in [-0.2, 0) is 16.1 Å². The van der Waals surface area contributed by atoms with Crippen molar-refractivity contribution in [3.8, 4) is 0 Å². The zero-order valence-electron chi connectivity index (χ0n) is 11.6. The van der Waals surface area contributed by atoms with Gasteiger partial charge in [0.1, 0.15) is 0 Å². The summed E-state index contributed by atoms with van der Waals surface area (Å²) in [4.78, 5) is 26.7. The SMILES string of the molecule is Cc1cccc(CNC(=O)CC(C)(C)CC(=O)O)n1. The topological polar surface area (TPSA) is 79.3 Å². The van der Waals surface area contributed by atoms with E-state index in [0.29, 0.717) is 6.54 Å². The fourth-order valence-electron chi connectivity index (χ4n) is 1.86. The van der Waals surface area contributed by atoms with Crippen molar-refractivity contribution in [3.05, 3.63) is 29.6 Å². The number of rotatable bonds is 6. The van der Waals surface area contributed by atoms with Gasteiger partial charge in [0.2, 0.25) is 5.91 Å². The minimum atomic E-state index is -0.891. The monoisotopic (exact) mass is 264 g/mol. The van der Waals surface area contributed by atoms with Crippen molar-refractivity contribution in [1.82, 2.24) is 10.3 Å². The molecule has 1 aromatic heterocycles. The molecule has 0 radical (unpaired) electrons. The van der Waals surface area contributed by atoms with Crippen LogP contribution in [0.2, 0.25) is 0 Å². The maximum absolute atomic E-state index is 11.8. The van der Waals surface area contributed by atoms with E-state index in [0.717, 1.165) is 11.4 Å². The quantitative estimate of drug-likeness (QED) is 0.822. The number of nitrogens with one attached hydrogen (secondary N) is 1. The molecule has 0 saturated carbocycles. The maximum atomic E-state index is 11.8. The summed E-state index contributed by atoms with van der Waals surface area (Å²) < 4.78 is 0. The predicted octanol–water partition coefficient (Wildman–Crippen LogP) is 1.90. The summed E-state index contributed by atoms with van der Waals surface area (Å²) in [5, 5.41) is 11.5. The number of aryl methyl sites for hydroxylation is 1. The fourth-order valence-corrected chi connectivity index (χ4v) is 1.86. The van der Waals surface area contributed by atoms with Gasteiger partial charge < -0.3 is 10.4 Å². The van der Waals surface area contributed by atoms with E-state index in [1.165, 1.54) is 0 Å². The summed E-state index contributed by atoms with van der Waals surface area (Å²) in [6.07, 6.45) is 0.161. The number of carbonyl (C=O) groups is 2. The number of amides is 1. The maximum Gasteiger partial charge on any atom is 0.303 e. The molecular weight excluding hydrogens is 244 g/mol. The van der Waals surface area contributed by atoms with Crippen LogP contribution in [-0.4, -0.2) is 22.0 Å². The highest BCUT2D eigenvalue weighted by molar-refractivity contribution is 5.77. The summed E-state index contributed by atoms with van der Waals surface area (Å²) in [5.41, 5.74) is 1.15. The first-order chi connectivity index (χ1) is 8.78. The Labute approximate surface area is 113 Å². The minimum Gasteiger partial charge on any atom is -0.481 e. The molecular formula is C14H20N2O3. The molecule has 0 aliphatic rings. The summed E-state index contributed by atoms with van der Waals surface area (Å²) in [6.45, 7) is 5.79. The Bertz CT molecular complexity index is 470. The number of hydrogen-bond acceptors (Lipinski definition) is 3. The van der Waals surface area contributed by atoms with Crippen molar-refractivity contribution in [3.63, 3.8) is 0 Å². The number of carboxylic acids is 1. The van der Waals surface area contributed by atoms with E-state index < -0.39 is 11.4 Å². The lowest BCUT2D eigenvalue weighted by molar-refractivity contribution is -0.139. The Kier molecular flexibility index (Phi) is 5.03. The minimum absolute atomic E-state index is 0.0247. The molecule has 1 aromatic rings. The standard InChI is InChI=1S/C14H20N2O3/c1-10-5-4-6-11(16-10)9-15-12(17)7-14(2,3)8-13(18)19/h4-6H,7-9H2,1-3H3,(H,15,17)(H,18,19). The van der Waals surface area contributed by atoms with Gasteiger partial charge in [0.05, 0.1) is 18.7 Å². The third-order valence-corrected chi connectivity index (χ3v) is 2.68. The van der Waals surface area contributed by atoms with E-state index in [1.807, 2.05) is 25.1 Å². The molecule has 5 heteroatoms. The summed E-state index contributed by atoms with van der Waals surface area (Å²) in [5.74, 6) is -1.05. The molecule has 1 heterocycles. The van der Waals surface area contributed by atoms with E-state index in [9.17, 15) is 9.59 Å². The predicted molar refractivity (Wildman–Crippen MR) is 71.5 cm³/mol. The van der Waals surface area contributed by atoms with E-state index >= 15 is 0 Å². The molecule has 5 nitrogen and oxygen atoms in total. The third-order valence-electron chi connectivity index (χ3n) is 2.68. The first-order valence-corrected chi connectivity index (χ1v) is 6.19. The number of carbonyl (C=O) groups excluding carboxylic acids is 1. The molecule has 0 atom stereocenters. The van der Waals surface area contributed by atoms with Crippen LogP contribution in [0.5, 0.6) is 0 Å². The summed E-state index contributed by atoms with van der Waals surface area (Å²) in [6, 6.07) is 5.62. The van der Waals surface area contributed by atoms with Crippen molar-refractivity contribution in [2.24, 2.45) is 5.41 Å². The Morgan fingerprint density at radius 3 is 2.58 bits per heavy atom. The van der Waals surface area contributed by atoms with Gasteiger partial charge in [-0.3, -0.25) is 14.6 Å². The summed E-state index contributed by atoms with van der Waals surface area (Å²) >= 11 is 0. The summed E-state index contributed by atoms with van der Waals surface area (Å²) in [7, 11) is 0. The molecule has 2 N–H and O–H groups in total. The molecule has 1 rings (SSSR count). The van der Waals surface area contributed by atoms with Crippen LogP contribution in [0.3, 0.4) is 0 Å². The number of aromatic nitrogens is 1.